The summed E-state index contributed by atoms with van der Waals surface area (Å²) >= 11 is 0. The zero-order chi connectivity index (χ0) is 19.1. The maximum atomic E-state index is 14.2. The summed E-state index contributed by atoms with van der Waals surface area (Å²) in [7, 11) is 1.51. The number of hydrogen-bond acceptors (Lipinski definition) is 5. The Bertz CT molecular complexity index is 944. The Morgan fingerprint density at radius 1 is 1.19 bits per heavy atom. The first kappa shape index (κ1) is 18.1. The number of amides is 1. The van der Waals surface area contributed by atoms with Gasteiger partial charge in [0, 0.05) is 18.3 Å². The minimum absolute atomic E-state index is 0.0777. The molecule has 0 radical (unpaired) electrons. The Morgan fingerprint density at radius 3 is 2.74 bits per heavy atom. The van der Waals surface area contributed by atoms with Gasteiger partial charge in [0.15, 0.2) is 11.6 Å². The number of methoxy groups -OCH3 is 1. The van der Waals surface area contributed by atoms with Crippen LogP contribution in [0, 0.1) is 5.82 Å². The standard InChI is InChI=1S/C20H16FN3O3/c1-26-20-9-6-15(12-23-20)24-19(25)8-5-14-4-7-18(17(21)11-14)27-16-3-2-10-22-13-16/h2-13H,1H3,(H,24,25)/b8-5+. The average Bonchev–Trinajstić information content (AvgIpc) is 2.70. The predicted octanol–water partition coefficient (Wildman–Crippen LogP) is 4.07. The van der Waals surface area contributed by atoms with Crippen LogP contribution in [0.5, 0.6) is 17.4 Å². The molecule has 3 aromatic rings. The van der Waals surface area contributed by atoms with Crippen molar-refractivity contribution < 1.29 is 18.7 Å². The lowest BCUT2D eigenvalue weighted by molar-refractivity contribution is -0.111. The van der Waals surface area contributed by atoms with Gasteiger partial charge >= 0.3 is 0 Å². The quantitative estimate of drug-likeness (QED) is 0.667. The van der Waals surface area contributed by atoms with E-state index in [1.165, 1.54) is 43.8 Å². The summed E-state index contributed by atoms with van der Waals surface area (Å²) in [6, 6.07) is 11.1. The van der Waals surface area contributed by atoms with Gasteiger partial charge in [-0.25, -0.2) is 9.37 Å². The van der Waals surface area contributed by atoms with Crippen molar-refractivity contribution in [1.82, 2.24) is 9.97 Å². The number of ether oxygens (including phenoxy) is 2. The van der Waals surface area contributed by atoms with E-state index < -0.39 is 5.82 Å². The first-order valence-electron chi connectivity index (χ1n) is 8.00. The van der Waals surface area contributed by atoms with E-state index in [1.54, 1.807) is 36.5 Å². The Balaban J connectivity index is 1.62. The number of anilines is 1. The molecule has 0 fully saturated rings. The number of carbonyl (C=O) groups excluding carboxylic acids is 1. The molecule has 0 saturated heterocycles. The monoisotopic (exact) mass is 365 g/mol. The van der Waals surface area contributed by atoms with Crippen molar-refractivity contribution in [1.29, 1.82) is 0 Å². The predicted molar refractivity (Wildman–Crippen MR) is 99.2 cm³/mol. The van der Waals surface area contributed by atoms with Gasteiger partial charge in [0.2, 0.25) is 11.8 Å². The molecule has 0 saturated carbocycles. The highest BCUT2D eigenvalue weighted by Gasteiger charge is 2.06. The van der Waals surface area contributed by atoms with Gasteiger partial charge in [-0.15, -0.1) is 0 Å². The topological polar surface area (TPSA) is 73.3 Å². The second-order valence-electron chi connectivity index (χ2n) is 5.39. The molecular formula is C20H16FN3O3. The van der Waals surface area contributed by atoms with Gasteiger partial charge in [0.1, 0.15) is 5.75 Å². The van der Waals surface area contributed by atoms with Crippen LogP contribution in [-0.4, -0.2) is 23.0 Å². The minimum Gasteiger partial charge on any atom is -0.481 e. The van der Waals surface area contributed by atoms with Crippen molar-refractivity contribution in [2.24, 2.45) is 0 Å². The molecule has 136 valence electrons. The third-order valence-electron chi connectivity index (χ3n) is 3.46. The Morgan fingerprint density at radius 2 is 2.07 bits per heavy atom. The van der Waals surface area contributed by atoms with E-state index in [0.29, 0.717) is 22.9 Å². The highest BCUT2D eigenvalue weighted by atomic mass is 19.1. The maximum Gasteiger partial charge on any atom is 0.248 e. The van der Waals surface area contributed by atoms with E-state index in [2.05, 4.69) is 15.3 Å². The molecule has 1 amide bonds. The van der Waals surface area contributed by atoms with E-state index in [9.17, 15) is 9.18 Å². The average molecular weight is 365 g/mol. The van der Waals surface area contributed by atoms with Crippen LogP contribution in [0.2, 0.25) is 0 Å². The molecule has 1 N–H and O–H groups in total. The maximum absolute atomic E-state index is 14.2. The van der Waals surface area contributed by atoms with Crippen LogP contribution in [0.4, 0.5) is 10.1 Å². The number of pyridine rings is 2. The number of halogens is 1. The molecule has 2 heterocycles. The second kappa shape index (κ2) is 8.57. The zero-order valence-corrected chi connectivity index (χ0v) is 14.4. The largest absolute Gasteiger partial charge is 0.481 e. The second-order valence-corrected chi connectivity index (χ2v) is 5.39. The van der Waals surface area contributed by atoms with E-state index in [4.69, 9.17) is 9.47 Å². The fourth-order valence-electron chi connectivity index (χ4n) is 2.17. The van der Waals surface area contributed by atoms with Gasteiger partial charge in [0.05, 0.1) is 25.2 Å². The summed E-state index contributed by atoms with van der Waals surface area (Å²) in [4.78, 5) is 19.9. The van der Waals surface area contributed by atoms with Gasteiger partial charge < -0.3 is 14.8 Å². The summed E-state index contributed by atoms with van der Waals surface area (Å²) in [6.45, 7) is 0. The fraction of sp³-hybridized carbons (Fsp3) is 0.0500. The molecule has 6 nitrogen and oxygen atoms in total. The lowest BCUT2D eigenvalue weighted by atomic mass is 10.2. The molecule has 27 heavy (non-hydrogen) atoms. The highest BCUT2D eigenvalue weighted by Crippen LogP contribution is 2.24. The van der Waals surface area contributed by atoms with Crippen molar-refractivity contribution in [2.45, 2.75) is 0 Å². The molecular weight excluding hydrogens is 349 g/mol. The van der Waals surface area contributed by atoms with Crippen LogP contribution in [-0.2, 0) is 4.79 Å². The number of hydrogen-bond donors (Lipinski definition) is 1. The summed E-state index contributed by atoms with van der Waals surface area (Å²) in [6.07, 6.45) is 7.38. The number of aromatic nitrogens is 2. The Labute approximate surface area is 155 Å². The molecule has 0 spiro atoms. The van der Waals surface area contributed by atoms with Crippen LogP contribution in [0.3, 0.4) is 0 Å². The molecule has 0 aliphatic carbocycles. The van der Waals surface area contributed by atoms with E-state index in [0.717, 1.165) is 0 Å². The summed E-state index contributed by atoms with van der Waals surface area (Å²) < 4.78 is 24.6. The molecule has 1 aromatic carbocycles. The number of carbonyl (C=O) groups is 1. The van der Waals surface area contributed by atoms with Crippen LogP contribution in [0.1, 0.15) is 5.56 Å². The van der Waals surface area contributed by atoms with Gasteiger partial charge in [-0.1, -0.05) is 6.07 Å². The van der Waals surface area contributed by atoms with Gasteiger partial charge in [0.25, 0.3) is 0 Å². The summed E-state index contributed by atoms with van der Waals surface area (Å²) in [5.41, 5.74) is 1.05. The number of benzene rings is 1. The van der Waals surface area contributed by atoms with E-state index in [1.807, 2.05) is 0 Å². The van der Waals surface area contributed by atoms with Crippen LogP contribution >= 0.6 is 0 Å². The molecule has 0 aliphatic heterocycles. The highest BCUT2D eigenvalue weighted by molar-refractivity contribution is 6.01. The molecule has 2 aromatic heterocycles. The Kier molecular flexibility index (Phi) is 5.73. The third-order valence-corrected chi connectivity index (χ3v) is 3.46. The van der Waals surface area contributed by atoms with Gasteiger partial charge in [-0.05, 0) is 42.0 Å². The van der Waals surface area contributed by atoms with Crippen molar-refractivity contribution >= 4 is 17.7 Å². The smallest absolute Gasteiger partial charge is 0.248 e. The number of nitrogens with zero attached hydrogens (tertiary/aromatic N) is 2. The van der Waals surface area contributed by atoms with Gasteiger partial charge in [-0.2, -0.15) is 0 Å². The Hall–Kier alpha value is -3.74. The third kappa shape index (κ3) is 5.12. The number of nitrogens with one attached hydrogen (secondary N) is 1. The normalized spacial score (nSPS) is 10.6. The molecule has 3 rings (SSSR count). The molecule has 0 unspecified atom stereocenters. The molecule has 0 bridgehead atoms. The molecule has 0 atom stereocenters. The van der Waals surface area contributed by atoms with E-state index in [-0.39, 0.29) is 11.7 Å². The van der Waals surface area contributed by atoms with E-state index >= 15 is 0 Å². The molecule has 7 heteroatoms. The zero-order valence-electron chi connectivity index (χ0n) is 14.4. The van der Waals surface area contributed by atoms with Gasteiger partial charge in [-0.3, -0.25) is 9.78 Å². The van der Waals surface area contributed by atoms with Crippen molar-refractivity contribution in [3.05, 3.63) is 78.5 Å². The first-order valence-corrected chi connectivity index (χ1v) is 8.00. The van der Waals surface area contributed by atoms with Crippen molar-refractivity contribution in [3.63, 3.8) is 0 Å². The van der Waals surface area contributed by atoms with Crippen LogP contribution in [0.15, 0.2) is 67.1 Å². The van der Waals surface area contributed by atoms with Crippen LogP contribution in [0.25, 0.3) is 6.08 Å². The van der Waals surface area contributed by atoms with Crippen LogP contribution < -0.4 is 14.8 Å². The lowest BCUT2D eigenvalue weighted by Crippen LogP contribution is -2.07. The first-order chi connectivity index (χ1) is 13.1. The SMILES string of the molecule is COc1ccc(NC(=O)/C=C/c2ccc(Oc3cccnc3)c(F)c2)cn1. The fourth-order valence-corrected chi connectivity index (χ4v) is 2.17. The van der Waals surface area contributed by atoms with Crippen molar-refractivity contribution in [2.75, 3.05) is 12.4 Å². The van der Waals surface area contributed by atoms with Crippen molar-refractivity contribution in [3.8, 4) is 17.4 Å². The lowest BCUT2D eigenvalue weighted by Gasteiger charge is -2.06. The molecule has 0 aliphatic rings. The minimum atomic E-state index is -0.541. The summed E-state index contributed by atoms with van der Waals surface area (Å²) in [5.74, 6) is 0.0625. The summed E-state index contributed by atoms with van der Waals surface area (Å²) in [5, 5.41) is 2.65. The number of rotatable bonds is 6.